The number of carbonyl (C=O) groups is 3. The molecule has 1 amide bonds. The summed E-state index contributed by atoms with van der Waals surface area (Å²) in [6.07, 6.45) is 3.86. The third kappa shape index (κ3) is 4.86. The number of ketones is 2. The third-order valence-electron chi connectivity index (χ3n) is 6.43. The van der Waals surface area contributed by atoms with Gasteiger partial charge in [0.25, 0.3) is 5.91 Å². The van der Waals surface area contributed by atoms with Gasteiger partial charge in [0.05, 0.1) is 10.0 Å². The second-order valence-electron chi connectivity index (χ2n) is 8.80. The summed E-state index contributed by atoms with van der Waals surface area (Å²) in [5.74, 6) is 1.24. The predicted molar refractivity (Wildman–Crippen MR) is 133 cm³/mol. The number of benzene rings is 2. The Bertz CT molecular complexity index is 1240. The zero-order valence-corrected chi connectivity index (χ0v) is 20.4. The number of hydrogen-bond donors (Lipinski definition) is 1. The van der Waals surface area contributed by atoms with Gasteiger partial charge in [-0.05, 0) is 48.7 Å². The van der Waals surface area contributed by atoms with Crippen molar-refractivity contribution in [1.82, 2.24) is 0 Å². The Morgan fingerprint density at radius 2 is 1.51 bits per heavy atom. The van der Waals surface area contributed by atoms with Crippen molar-refractivity contribution in [3.8, 4) is 5.75 Å². The van der Waals surface area contributed by atoms with Crippen molar-refractivity contribution in [2.24, 2.45) is 0 Å². The smallest absolute Gasteiger partial charge is 0.262 e. The van der Waals surface area contributed by atoms with Crippen LogP contribution in [0.5, 0.6) is 5.75 Å². The Hall–Kier alpha value is -3.09. The van der Waals surface area contributed by atoms with Crippen LogP contribution < -0.4 is 10.1 Å². The number of rotatable bonds is 5. The van der Waals surface area contributed by atoms with Gasteiger partial charge in [0, 0.05) is 48.4 Å². The summed E-state index contributed by atoms with van der Waals surface area (Å²) in [6.45, 7) is -0.196. The molecule has 0 aromatic heterocycles. The molecule has 1 heterocycles. The minimum absolute atomic E-state index is 0.0421. The van der Waals surface area contributed by atoms with E-state index in [1.807, 2.05) is 12.1 Å². The second-order valence-corrected chi connectivity index (χ2v) is 9.61. The Balaban J connectivity index is 1.32. The van der Waals surface area contributed by atoms with Crippen LogP contribution in [-0.2, 0) is 19.1 Å². The number of ether oxygens (including phenoxy) is 2. The maximum absolute atomic E-state index is 12.9. The quantitative estimate of drug-likeness (QED) is 0.521. The summed E-state index contributed by atoms with van der Waals surface area (Å²) in [5.41, 5.74) is 2.58. The third-order valence-corrected chi connectivity index (χ3v) is 7.17. The van der Waals surface area contributed by atoms with Crippen molar-refractivity contribution in [2.45, 2.75) is 44.4 Å². The van der Waals surface area contributed by atoms with Crippen LogP contribution >= 0.6 is 23.2 Å². The molecular weight excluding hydrogens is 489 g/mol. The molecule has 0 radical (unpaired) electrons. The molecule has 5 rings (SSSR count). The topological polar surface area (TPSA) is 81.7 Å². The van der Waals surface area contributed by atoms with Crippen LogP contribution in [0, 0.1) is 0 Å². The molecule has 2 aromatic rings. The molecule has 1 N–H and O–H groups in total. The summed E-state index contributed by atoms with van der Waals surface area (Å²) >= 11 is 11.9. The number of nitrogens with one attached hydrogen (secondary N) is 1. The maximum Gasteiger partial charge on any atom is 0.262 e. The van der Waals surface area contributed by atoms with Crippen LogP contribution in [0.4, 0.5) is 5.69 Å². The molecule has 180 valence electrons. The van der Waals surface area contributed by atoms with Gasteiger partial charge < -0.3 is 14.8 Å². The van der Waals surface area contributed by atoms with Crippen LogP contribution in [0.1, 0.15) is 50.0 Å². The van der Waals surface area contributed by atoms with E-state index in [1.165, 1.54) is 0 Å². The summed E-state index contributed by atoms with van der Waals surface area (Å²) < 4.78 is 11.7. The first-order valence-corrected chi connectivity index (χ1v) is 12.3. The van der Waals surface area contributed by atoms with E-state index in [2.05, 4.69) is 5.32 Å². The summed E-state index contributed by atoms with van der Waals surface area (Å²) in [4.78, 5) is 38.0. The van der Waals surface area contributed by atoms with Crippen molar-refractivity contribution >= 4 is 46.4 Å². The van der Waals surface area contributed by atoms with Gasteiger partial charge in [-0.1, -0.05) is 35.3 Å². The number of anilines is 1. The zero-order chi connectivity index (χ0) is 24.5. The Kier molecular flexibility index (Phi) is 6.67. The van der Waals surface area contributed by atoms with Crippen molar-refractivity contribution in [2.75, 3.05) is 11.9 Å². The maximum atomic E-state index is 12.9. The largest absolute Gasteiger partial charge is 0.484 e. The first kappa shape index (κ1) is 23.6. The highest BCUT2D eigenvalue weighted by atomic mass is 35.5. The second kappa shape index (κ2) is 9.88. The van der Waals surface area contributed by atoms with Gasteiger partial charge in [0.15, 0.2) is 18.2 Å². The summed E-state index contributed by atoms with van der Waals surface area (Å²) in [6, 6.07) is 12.0. The molecule has 8 heteroatoms. The fourth-order valence-electron chi connectivity index (χ4n) is 4.83. The molecule has 0 bridgehead atoms. The van der Waals surface area contributed by atoms with Crippen LogP contribution in [0.2, 0.25) is 10.0 Å². The number of hydrogen-bond acceptors (Lipinski definition) is 5. The highest BCUT2D eigenvalue weighted by Crippen LogP contribution is 2.47. The van der Waals surface area contributed by atoms with E-state index in [-0.39, 0.29) is 24.1 Å². The van der Waals surface area contributed by atoms with Gasteiger partial charge in [-0.2, -0.15) is 0 Å². The SMILES string of the molecule is O=C(COc1ccc(C2C3=C(CCCC3=O)OC3=C2C(=O)CCC3)cc1)Nc1ccc(Cl)c(Cl)c1. The van der Waals surface area contributed by atoms with Crippen LogP contribution in [-0.4, -0.2) is 24.1 Å². The van der Waals surface area contributed by atoms with Crippen molar-refractivity contribution < 1.29 is 23.9 Å². The number of allylic oxidation sites excluding steroid dienone is 4. The molecule has 3 aliphatic rings. The number of carbonyl (C=O) groups excluding carboxylic acids is 3. The van der Waals surface area contributed by atoms with Crippen molar-refractivity contribution in [3.05, 3.63) is 80.7 Å². The number of Topliss-reactive ketones (excluding diaryl/α,β-unsaturated/α-hetero) is 2. The fraction of sp³-hybridized carbons (Fsp3) is 0.296. The van der Waals surface area contributed by atoms with Gasteiger partial charge in [-0.25, -0.2) is 0 Å². The minimum atomic E-state index is -0.415. The zero-order valence-electron chi connectivity index (χ0n) is 18.9. The molecule has 0 spiro atoms. The van der Waals surface area contributed by atoms with E-state index in [0.29, 0.717) is 69.8 Å². The van der Waals surface area contributed by atoms with Crippen LogP contribution in [0.25, 0.3) is 0 Å². The molecular formula is C27H23Cl2NO5. The Morgan fingerprint density at radius 1 is 0.886 bits per heavy atom. The molecule has 35 heavy (non-hydrogen) atoms. The first-order valence-electron chi connectivity index (χ1n) is 11.6. The lowest BCUT2D eigenvalue weighted by Crippen LogP contribution is -2.30. The van der Waals surface area contributed by atoms with Gasteiger partial charge in [-0.15, -0.1) is 0 Å². The fourth-order valence-corrected chi connectivity index (χ4v) is 5.13. The molecule has 0 saturated heterocycles. The first-order chi connectivity index (χ1) is 16.9. The predicted octanol–water partition coefficient (Wildman–Crippen LogP) is 6.14. The average Bonchev–Trinajstić information content (AvgIpc) is 2.84. The molecule has 0 fully saturated rings. The van der Waals surface area contributed by atoms with Gasteiger partial charge in [0.1, 0.15) is 17.3 Å². The lowest BCUT2D eigenvalue weighted by molar-refractivity contribution is -0.119. The Morgan fingerprint density at radius 3 is 2.11 bits per heavy atom. The normalized spacial score (nSPS) is 18.1. The Labute approximate surface area is 212 Å². The van der Waals surface area contributed by atoms with Gasteiger partial charge in [-0.3, -0.25) is 14.4 Å². The molecule has 2 aliphatic carbocycles. The van der Waals surface area contributed by atoms with Crippen LogP contribution in [0.3, 0.4) is 0 Å². The van der Waals surface area contributed by atoms with Crippen molar-refractivity contribution in [3.63, 3.8) is 0 Å². The number of amides is 1. The molecule has 6 nitrogen and oxygen atoms in total. The minimum Gasteiger partial charge on any atom is -0.484 e. The van der Waals surface area contributed by atoms with Gasteiger partial charge in [0.2, 0.25) is 0 Å². The van der Waals surface area contributed by atoms with Crippen molar-refractivity contribution in [1.29, 1.82) is 0 Å². The summed E-state index contributed by atoms with van der Waals surface area (Å²) in [5, 5.41) is 3.46. The lowest BCUT2D eigenvalue weighted by atomic mass is 9.73. The monoisotopic (exact) mass is 511 g/mol. The van der Waals surface area contributed by atoms with E-state index in [1.54, 1.807) is 30.3 Å². The highest BCUT2D eigenvalue weighted by molar-refractivity contribution is 6.42. The van der Waals surface area contributed by atoms with Crippen LogP contribution in [0.15, 0.2) is 65.1 Å². The molecule has 0 atom stereocenters. The standard InChI is InChI=1S/C27H23Cl2NO5/c28-18-12-9-16(13-19(18)29)30-24(33)14-34-17-10-7-15(8-11-17)25-26-20(31)3-1-5-22(26)35-23-6-2-4-21(32)27(23)25/h7-13,25H,1-6,14H2,(H,30,33). The van der Waals surface area contributed by atoms with E-state index in [9.17, 15) is 14.4 Å². The van der Waals surface area contributed by atoms with E-state index < -0.39 is 5.92 Å². The average molecular weight is 512 g/mol. The van der Waals surface area contributed by atoms with E-state index in [0.717, 1.165) is 18.4 Å². The lowest BCUT2D eigenvalue weighted by Gasteiger charge is -2.36. The highest BCUT2D eigenvalue weighted by Gasteiger charge is 2.41. The summed E-state index contributed by atoms with van der Waals surface area (Å²) in [7, 11) is 0. The van der Waals surface area contributed by atoms with E-state index >= 15 is 0 Å². The molecule has 2 aromatic carbocycles. The molecule has 1 aliphatic heterocycles. The molecule has 0 unspecified atom stereocenters. The number of halogens is 2. The molecule has 0 saturated carbocycles. The van der Waals surface area contributed by atoms with E-state index in [4.69, 9.17) is 32.7 Å². The van der Waals surface area contributed by atoms with Gasteiger partial charge >= 0.3 is 0 Å².